The van der Waals surface area contributed by atoms with E-state index in [1.165, 1.54) is 0 Å². The maximum Gasteiger partial charge on any atom is 0.226 e. The van der Waals surface area contributed by atoms with Crippen LogP contribution < -0.4 is 20.3 Å². The molecular weight excluding hydrogens is 542 g/mol. The number of ether oxygens (including phenoxy) is 1. The van der Waals surface area contributed by atoms with Crippen LogP contribution in [0.25, 0.3) is 16.6 Å². The quantitative estimate of drug-likeness (QED) is 0.429. The number of piperazine rings is 1. The summed E-state index contributed by atoms with van der Waals surface area (Å²) in [5, 5.41) is 21.1. The minimum Gasteiger partial charge on any atom is -0.491 e. The molecule has 0 aliphatic carbocycles. The van der Waals surface area contributed by atoms with Crippen LogP contribution in [0.2, 0.25) is 0 Å². The number of pyridine rings is 2. The topological polar surface area (TPSA) is 114 Å². The molecule has 6 fully saturated rings. The van der Waals surface area contributed by atoms with Crippen LogP contribution in [-0.4, -0.2) is 108 Å². The number of hydrogen-bond acceptors (Lipinski definition) is 9. The van der Waals surface area contributed by atoms with Crippen molar-refractivity contribution in [1.29, 1.82) is 5.26 Å². The van der Waals surface area contributed by atoms with Crippen LogP contribution in [-0.2, 0) is 4.79 Å². The first-order valence-electron chi connectivity index (χ1n) is 15.9. The summed E-state index contributed by atoms with van der Waals surface area (Å²) in [7, 11) is 0. The highest BCUT2D eigenvalue weighted by Crippen LogP contribution is 2.37. The van der Waals surface area contributed by atoms with E-state index in [-0.39, 0.29) is 18.0 Å². The molecule has 0 radical (unpaired) electrons. The predicted molar refractivity (Wildman–Crippen MR) is 162 cm³/mol. The molecule has 0 saturated carbocycles. The summed E-state index contributed by atoms with van der Waals surface area (Å²) in [4.78, 5) is 25.0. The van der Waals surface area contributed by atoms with Crippen molar-refractivity contribution in [2.45, 2.75) is 31.3 Å². The van der Waals surface area contributed by atoms with Gasteiger partial charge < -0.3 is 25.2 Å². The highest BCUT2D eigenvalue weighted by atomic mass is 16.5. The molecule has 6 saturated heterocycles. The van der Waals surface area contributed by atoms with Gasteiger partial charge in [0.15, 0.2) is 0 Å². The molecule has 6 aliphatic rings. The lowest BCUT2D eigenvalue weighted by atomic mass is 9.84. The highest BCUT2D eigenvalue weighted by molar-refractivity contribution is 5.85. The highest BCUT2D eigenvalue weighted by Gasteiger charge is 2.48. The van der Waals surface area contributed by atoms with E-state index in [1.54, 1.807) is 10.7 Å². The average molecular weight is 582 g/mol. The lowest BCUT2D eigenvalue weighted by Crippen LogP contribution is -2.71. The fraction of sp³-hybridized carbons (Fsp3) is 0.562. The van der Waals surface area contributed by atoms with E-state index < -0.39 is 0 Å². The van der Waals surface area contributed by atoms with Crippen LogP contribution in [0.3, 0.4) is 0 Å². The monoisotopic (exact) mass is 581 g/mol. The molecule has 9 rings (SSSR count). The Morgan fingerprint density at radius 3 is 2.56 bits per heavy atom. The third kappa shape index (κ3) is 4.91. The van der Waals surface area contributed by atoms with Crippen molar-refractivity contribution in [3.8, 4) is 22.9 Å². The third-order valence-corrected chi connectivity index (χ3v) is 10.4. The molecule has 11 nitrogen and oxygen atoms in total. The van der Waals surface area contributed by atoms with Gasteiger partial charge in [-0.05, 0) is 75.5 Å². The summed E-state index contributed by atoms with van der Waals surface area (Å²) in [6, 6.07) is 8.99. The number of aromatic nitrogens is 3. The molecule has 43 heavy (non-hydrogen) atoms. The fourth-order valence-corrected chi connectivity index (χ4v) is 8.07. The average Bonchev–Trinajstić information content (AvgIpc) is 3.77. The van der Waals surface area contributed by atoms with Gasteiger partial charge in [-0.1, -0.05) is 0 Å². The summed E-state index contributed by atoms with van der Waals surface area (Å²) in [6.45, 7) is 9.57. The SMILES string of the molecule is N#Cc1cnn2cc(OCCN3CC4CNCC4C3)cc(-c3ccc(N4CC5CC(C4)N5C(=O)C4CCNCC4)nc3)c12. The number of rotatable bonds is 7. The molecule has 0 spiro atoms. The minimum atomic E-state index is 0.173. The van der Waals surface area contributed by atoms with Crippen molar-refractivity contribution >= 4 is 17.2 Å². The zero-order valence-electron chi connectivity index (χ0n) is 24.5. The molecule has 3 aromatic rings. The summed E-state index contributed by atoms with van der Waals surface area (Å²) >= 11 is 0. The predicted octanol–water partition coefficient (Wildman–Crippen LogP) is 1.59. The van der Waals surface area contributed by atoms with Gasteiger partial charge in [-0.25, -0.2) is 9.50 Å². The van der Waals surface area contributed by atoms with E-state index in [0.29, 0.717) is 18.1 Å². The van der Waals surface area contributed by atoms with Crippen LogP contribution in [0.5, 0.6) is 5.75 Å². The molecule has 2 N–H and O–H groups in total. The zero-order valence-corrected chi connectivity index (χ0v) is 24.5. The molecule has 6 aliphatic heterocycles. The maximum atomic E-state index is 13.2. The van der Waals surface area contributed by atoms with Crippen LogP contribution in [0.1, 0.15) is 24.8 Å². The molecular formula is C32H39N9O2. The second-order valence-corrected chi connectivity index (χ2v) is 13.0. The van der Waals surface area contributed by atoms with E-state index in [0.717, 1.165) is 118 Å². The third-order valence-electron chi connectivity index (χ3n) is 10.4. The Kier molecular flexibility index (Phi) is 6.93. The van der Waals surface area contributed by atoms with Gasteiger partial charge in [0.2, 0.25) is 5.91 Å². The number of amides is 1. The Bertz CT molecular complexity index is 1520. The number of piperidine rings is 2. The van der Waals surface area contributed by atoms with Crippen LogP contribution in [0.4, 0.5) is 5.82 Å². The molecule has 0 aromatic carbocycles. The number of nitrogens with zero attached hydrogens (tertiary/aromatic N) is 7. The standard InChI is InChI=1S/C32H39N9O2/c33-11-23-15-37-40-20-28(43-8-7-38-16-24-12-35-13-25(24)17-38)10-29(31(23)40)22-1-2-30(36-14-22)39-18-26-9-27(19-39)41(26)32(42)21-3-5-34-6-4-21/h1-2,10,14-15,20-21,24-27,34-35H,3-9,12-13,16-19H2. The Labute approximate surface area is 251 Å². The molecule has 4 unspecified atom stereocenters. The summed E-state index contributed by atoms with van der Waals surface area (Å²) in [5.74, 6) is 3.72. The van der Waals surface area contributed by atoms with E-state index in [2.05, 4.69) is 48.6 Å². The van der Waals surface area contributed by atoms with Gasteiger partial charge in [0.05, 0.1) is 35.6 Å². The smallest absolute Gasteiger partial charge is 0.226 e. The second kappa shape index (κ2) is 11.1. The van der Waals surface area contributed by atoms with Crippen molar-refractivity contribution in [2.75, 3.05) is 70.4 Å². The van der Waals surface area contributed by atoms with Gasteiger partial charge in [-0.15, -0.1) is 0 Å². The number of fused-ring (bicyclic) bond motifs is 4. The second-order valence-electron chi connectivity index (χ2n) is 13.0. The van der Waals surface area contributed by atoms with Crippen molar-refractivity contribution in [3.63, 3.8) is 0 Å². The van der Waals surface area contributed by atoms with Crippen LogP contribution >= 0.6 is 0 Å². The first-order valence-corrected chi connectivity index (χ1v) is 15.9. The summed E-state index contributed by atoms with van der Waals surface area (Å²) < 4.78 is 7.99. The van der Waals surface area contributed by atoms with Crippen LogP contribution in [0.15, 0.2) is 36.8 Å². The number of likely N-dealkylation sites (tertiary alicyclic amines) is 1. The summed E-state index contributed by atoms with van der Waals surface area (Å²) in [5.41, 5.74) is 3.08. The van der Waals surface area contributed by atoms with Gasteiger partial charge >= 0.3 is 0 Å². The van der Waals surface area contributed by atoms with Crippen LogP contribution in [0, 0.1) is 29.1 Å². The first-order chi connectivity index (χ1) is 21.1. The van der Waals surface area contributed by atoms with Gasteiger partial charge in [0.25, 0.3) is 0 Å². The number of carbonyl (C=O) groups excluding carboxylic acids is 1. The number of nitrogens with one attached hydrogen (secondary N) is 2. The van der Waals surface area contributed by atoms with E-state index in [9.17, 15) is 10.1 Å². The first kappa shape index (κ1) is 26.9. The molecule has 1 amide bonds. The summed E-state index contributed by atoms with van der Waals surface area (Å²) in [6.07, 6.45) is 8.34. The number of carbonyl (C=O) groups is 1. The lowest BCUT2D eigenvalue weighted by molar-refractivity contribution is -0.151. The largest absolute Gasteiger partial charge is 0.491 e. The Morgan fingerprint density at radius 2 is 1.84 bits per heavy atom. The molecule has 9 heterocycles. The van der Waals surface area contributed by atoms with Gasteiger partial charge in [-0.2, -0.15) is 10.4 Å². The molecule has 224 valence electrons. The fourth-order valence-electron chi connectivity index (χ4n) is 8.07. The van der Waals surface area contributed by atoms with Gasteiger partial charge in [-0.3, -0.25) is 9.69 Å². The molecule has 2 bridgehead atoms. The number of anilines is 1. The molecule has 3 aromatic heterocycles. The number of hydrogen-bond donors (Lipinski definition) is 2. The van der Waals surface area contributed by atoms with E-state index >= 15 is 0 Å². The lowest BCUT2D eigenvalue weighted by Gasteiger charge is -2.57. The Hall–Kier alpha value is -3.72. The van der Waals surface area contributed by atoms with Crippen molar-refractivity contribution < 1.29 is 9.53 Å². The number of nitriles is 1. The normalized spacial score (nSPS) is 27.2. The minimum absolute atomic E-state index is 0.173. The molecule has 4 atom stereocenters. The Balaban J connectivity index is 0.961. The van der Waals surface area contributed by atoms with Crippen molar-refractivity contribution in [1.82, 2.24) is 35.0 Å². The van der Waals surface area contributed by atoms with E-state index in [1.807, 2.05) is 18.5 Å². The zero-order chi connectivity index (χ0) is 28.9. The Morgan fingerprint density at radius 1 is 1.05 bits per heavy atom. The van der Waals surface area contributed by atoms with E-state index in [4.69, 9.17) is 9.72 Å². The molecule has 11 heteroatoms. The van der Waals surface area contributed by atoms with Gasteiger partial charge in [0, 0.05) is 56.0 Å². The maximum absolute atomic E-state index is 13.2. The van der Waals surface area contributed by atoms with Gasteiger partial charge in [0.1, 0.15) is 24.2 Å². The van der Waals surface area contributed by atoms with Crippen molar-refractivity contribution in [3.05, 3.63) is 42.4 Å². The van der Waals surface area contributed by atoms with Crippen molar-refractivity contribution in [2.24, 2.45) is 17.8 Å².